The molecule has 1 aliphatic rings. The molecule has 0 saturated carbocycles. The van der Waals surface area contributed by atoms with Crippen molar-refractivity contribution in [3.63, 3.8) is 0 Å². The molecule has 7 heteroatoms. The van der Waals surface area contributed by atoms with Gasteiger partial charge in [-0.3, -0.25) is 14.5 Å². The fourth-order valence-electron chi connectivity index (χ4n) is 3.95. The van der Waals surface area contributed by atoms with Gasteiger partial charge in [0.1, 0.15) is 17.3 Å². The zero-order valence-corrected chi connectivity index (χ0v) is 20.5. The predicted molar refractivity (Wildman–Crippen MR) is 136 cm³/mol. The van der Waals surface area contributed by atoms with Gasteiger partial charge in [-0.2, -0.15) is 0 Å². The Balaban J connectivity index is 1.83. The summed E-state index contributed by atoms with van der Waals surface area (Å²) in [6, 6.07) is 19.7. The fourth-order valence-corrected chi connectivity index (χ4v) is 4.08. The van der Waals surface area contributed by atoms with Crippen molar-refractivity contribution in [2.75, 3.05) is 18.6 Å². The SMILES string of the molecule is COc1cccc(C2/C(=C(/O)c3ccc(Cl)cc3)C(=O)C(=O)N2c2ccc(OCC(C)C)cc2)c1. The van der Waals surface area contributed by atoms with Crippen LogP contribution >= 0.6 is 11.6 Å². The molecule has 35 heavy (non-hydrogen) atoms. The van der Waals surface area contributed by atoms with Crippen molar-refractivity contribution >= 4 is 34.7 Å². The van der Waals surface area contributed by atoms with E-state index in [9.17, 15) is 14.7 Å². The Labute approximate surface area is 209 Å². The number of carbonyl (C=O) groups is 2. The van der Waals surface area contributed by atoms with E-state index in [1.165, 1.54) is 4.90 Å². The molecule has 1 heterocycles. The molecule has 3 aromatic carbocycles. The Hall–Kier alpha value is -3.77. The van der Waals surface area contributed by atoms with E-state index < -0.39 is 17.7 Å². The highest BCUT2D eigenvalue weighted by molar-refractivity contribution is 6.51. The lowest BCUT2D eigenvalue weighted by Gasteiger charge is -2.26. The monoisotopic (exact) mass is 491 g/mol. The van der Waals surface area contributed by atoms with E-state index in [4.69, 9.17) is 21.1 Å². The Bertz CT molecular complexity index is 1270. The molecule has 180 valence electrons. The minimum absolute atomic E-state index is 0.00860. The molecule has 1 fully saturated rings. The summed E-state index contributed by atoms with van der Waals surface area (Å²) >= 11 is 5.99. The van der Waals surface area contributed by atoms with Gasteiger partial charge in [0.05, 0.1) is 25.3 Å². The van der Waals surface area contributed by atoms with Crippen molar-refractivity contribution in [2.24, 2.45) is 5.92 Å². The van der Waals surface area contributed by atoms with Crippen LogP contribution in [0, 0.1) is 5.92 Å². The topological polar surface area (TPSA) is 76.1 Å². The fraction of sp³-hybridized carbons (Fsp3) is 0.214. The number of hydrogen-bond donors (Lipinski definition) is 1. The Morgan fingerprint density at radius 1 is 1.00 bits per heavy atom. The number of aliphatic hydroxyl groups excluding tert-OH is 1. The normalized spacial score (nSPS) is 17.2. The molecular weight excluding hydrogens is 466 g/mol. The molecule has 6 nitrogen and oxygen atoms in total. The summed E-state index contributed by atoms with van der Waals surface area (Å²) in [6.07, 6.45) is 0. The molecule has 3 aromatic rings. The van der Waals surface area contributed by atoms with Gasteiger partial charge in [0, 0.05) is 16.3 Å². The van der Waals surface area contributed by atoms with Gasteiger partial charge in [0.15, 0.2) is 0 Å². The summed E-state index contributed by atoms with van der Waals surface area (Å²) in [7, 11) is 1.54. The summed E-state index contributed by atoms with van der Waals surface area (Å²) in [6.45, 7) is 4.68. The van der Waals surface area contributed by atoms with Crippen LogP contribution in [0.1, 0.15) is 31.0 Å². The first-order valence-corrected chi connectivity index (χ1v) is 11.6. The van der Waals surface area contributed by atoms with E-state index in [-0.39, 0.29) is 11.3 Å². The van der Waals surface area contributed by atoms with Gasteiger partial charge in [0.25, 0.3) is 11.7 Å². The molecule has 0 spiro atoms. The molecule has 1 atom stereocenters. The van der Waals surface area contributed by atoms with Crippen molar-refractivity contribution in [3.8, 4) is 11.5 Å². The summed E-state index contributed by atoms with van der Waals surface area (Å²) in [5.41, 5.74) is 1.51. The third kappa shape index (κ3) is 5.03. The van der Waals surface area contributed by atoms with Crippen LogP contribution in [0.2, 0.25) is 5.02 Å². The van der Waals surface area contributed by atoms with Crippen molar-refractivity contribution < 1.29 is 24.2 Å². The van der Waals surface area contributed by atoms with E-state index in [2.05, 4.69) is 13.8 Å². The lowest BCUT2D eigenvalue weighted by atomic mass is 9.95. The number of benzene rings is 3. The number of halogens is 1. The molecule has 0 aliphatic carbocycles. The molecular formula is C28H26ClNO5. The quantitative estimate of drug-likeness (QED) is 0.249. The molecule has 0 aromatic heterocycles. The Kier molecular flexibility index (Phi) is 7.12. The van der Waals surface area contributed by atoms with E-state index >= 15 is 0 Å². The highest BCUT2D eigenvalue weighted by Crippen LogP contribution is 2.43. The second-order valence-electron chi connectivity index (χ2n) is 8.65. The molecule has 1 unspecified atom stereocenters. The Morgan fingerprint density at radius 2 is 1.69 bits per heavy atom. The van der Waals surface area contributed by atoms with Crippen LogP contribution in [0.15, 0.2) is 78.4 Å². The number of carbonyl (C=O) groups excluding carboxylic acids is 2. The predicted octanol–water partition coefficient (Wildman–Crippen LogP) is 6.01. The number of Topliss-reactive ketones (excluding diaryl/α,β-unsaturated/α-hetero) is 1. The van der Waals surface area contributed by atoms with Crippen molar-refractivity contribution in [2.45, 2.75) is 19.9 Å². The number of ether oxygens (including phenoxy) is 2. The third-order valence-electron chi connectivity index (χ3n) is 5.67. The summed E-state index contributed by atoms with van der Waals surface area (Å²) < 4.78 is 11.1. The number of methoxy groups -OCH3 is 1. The average Bonchev–Trinajstić information content (AvgIpc) is 3.13. The zero-order chi connectivity index (χ0) is 25.1. The molecule has 1 aliphatic heterocycles. The first-order valence-electron chi connectivity index (χ1n) is 11.2. The summed E-state index contributed by atoms with van der Waals surface area (Å²) in [5, 5.41) is 11.7. The molecule has 4 rings (SSSR count). The van der Waals surface area contributed by atoms with Crippen LogP contribution in [-0.2, 0) is 9.59 Å². The Morgan fingerprint density at radius 3 is 2.31 bits per heavy atom. The van der Waals surface area contributed by atoms with Gasteiger partial charge in [-0.15, -0.1) is 0 Å². The second kappa shape index (κ2) is 10.2. The molecule has 0 radical (unpaired) electrons. The van der Waals surface area contributed by atoms with Gasteiger partial charge in [-0.1, -0.05) is 37.6 Å². The maximum Gasteiger partial charge on any atom is 0.300 e. The largest absolute Gasteiger partial charge is 0.507 e. The number of rotatable bonds is 7. The third-order valence-corrected chi connectivity index (χ3v) is 5.92. The van der Waals surface area contributed by atoms with Gasteiger partial charge < -0.3 is 14.6 Å². The van der Waals surface area contributed by atoms with Gasteiger partial charge in [-0.05, 0) is 72.1 Å². The van der Waals surface area contributed by atoms with E-state index in [0.29, 0.717) is 45.9 Å². The number of amides is 1. The van der Waals surface area contributed by atoms with Crippen LogP contribution in [0.5, 0.6) is 11.5 Å². The minimum Gasteiger partial charge on any atom is -0.507 e. The van der Waals surface area contributed by atoms with Crippen LogP contribution in [0.25, 0.3) is 5.76 Å². The van der Waals surface area contributed by atoms with Crippen molar-refractivity contribution in [3.05, 3.63) is 94.5 Å². The molecule has 0 bridgehead atoms. The highest BCUT2D eigenvalue weighted by Gasteiger charge is 2.47. The maximum atomic E-state index is 13.3. The number of anilines is 1. The second-order valence-corrected chi connectivity index (χ2v) is 9.09. The zero-order valence-electron chi connectivity index (χ0n) is 19.7. The van der Waals surface area contributed by atoms with Crippen LogP contribution in [0.3, 0.4) is 0 Å². The van der Waals surface area contributed by atoms with E-state index in [1.807, 2.05) is 0 Å². The lowest BCUT2D eigenvalue weighted by Crippen LogP contribution is -2.29. The van der Waals surface area contributed by atoms with Crippen LogP contribution in [0.4, 0.5) is 5.69 Å². The van der Waals surface area contributed by atoms with Gasteiger partial charge >= 0.3 is 0 Å². The highest BCUT2D eigenvalue weighted by atomic mass is 35.5. The first-order chi connectivity index (χ1) is 16.8. The standard InChI is InChI=1S/C28H26ClNO5/c1-17(2)16-35-22-13-11-21(12-14-22)30-25(19-5-4-6-23(15-19)34-3)24(27(32)28(30)33)26(31)18-7-9-20(29)10-8-18/h4-15,17,25,31H,16H2,1-3H3/b26-24-. The molecule has 1 N–H and O–H groups in total. The average molecular weight is 492 g/mol. The summed E-state index contributed by atoms with van der Waals surface area (Å²) in [4.78, 5) is 27.9. The van der Waals surface area contributed by atoms with Crippen LogP contribution < -0.4 is 14.4 Å². The molecule has 1 saturated heterocycles. The number of ketones is 1. The van der Waals surface area contributed by atoms with Crippen LogP contribution in [-0.4, -0.2) is 30.5 Å². The summed E-state index contributed by atoms with van der Waals surface area (Å²) in [5.74, 6) is -0.176. The van der Waals surface area contributed by atoms with Crippen molar-refractivity contribution in [1.29, 1.82) is 0 Å². The molecule has 1 amide bonds. The number of hydrogen-bond acceptors (Lipinski definition) is 5. The lowest BCUT2D eigenvalue weighted by molar-refractivity contribution is -0.132. The maximum absolute atomic E-state index is 13.3. The van der Waals surface area contributed by atoms with E-state index in [0.717, 1.165) is 0 Å². The van der Waals surface area contributed by atoms with Gasteiger partial charge in [-0.25, -0.2) is 0 Å². The number of nitrogens with zero attached hydrogens (tertiary/aromatic N) is 1. The number of aliphatic hydroxyl groups is 1. The van der Waals surface area contributed by atoms with Crippen molar-refractivity contribution in [1.82, 2.24) is 0 Å². The van der Waals surface area contributed by atoms with Gasteiger partial charge in [0.2, 0.25) is 0 Å². The van der Waals surface area contributed by atoms with E-state index in [1.54, 1.807) is 79.9 Å². The smallest absolute Gasteiger partial charge is 0.300 e. The minimum atomic E-state index is -0.858. The first kappa shape index (κ1) is 24.4.